The fourth-order valence-electron chi connectivity index (χ4n) is 5.42. The first-order valence-corrected chi connectivity index (χ1v) is 11.6. The van der Waals surface area contributed by atoms with Gasteiger partial charge < -0.3 is 20.7 Å². The molecule has 0 aromatic heterocycles. The third-order valence-electron chi connectivity index (χ3n) is 7.67. The Balaban J connectivity index is 1.74. The predicted molar refractivity (Wildman–Crippen MR) is 126 cm³/mol. The minimum atomic E-state index is -0.743. The van der Waals surface area contributed by atoms with Crippen molar-refractivity contribution in [2.75, 3.05) is 34.3 Å². The summed E-state index contributed by atoms with van der Waals surface area (Å²) in [5.74, 6) is -0.383. The number of carbonyl (C=O) groups excluding carboxylic acids is 2. The molecule has 3 rings (SSSR count). The van der Waals surface area contributed by atoms with E-state index < -0.39 is 5.41 Å². The molecule has 0 bridgehead atoms. The van der Waals surface area contributed by atoms with Gasteiger partial charge in [-0.3, -0.25) is 9.69 Å². The Morgan fingerprint density at radius 2 is 1.84 bits per heavy atom. The van der Waals surface area contributed by atoms with E-state index in [0.29, 0.717) is 13.1 Å². The van der Waals surface area contributed by atoms with Crippen LogP contribution in [0.5, 0.6) is 0 Å². The zero-order valence-electron chi connectivity index (χ0n) is 20.3. The molecule has 1 spiro atoms. The highest BCUT2D eigenvalue weighted by atomic mass is 16.5. The minimum Gasteiger partial charge on any atom is -0.369 e. The van der Waals surface area contributed by atoms with E-state index in [2.05, 4.69) is 54.6 Å². The Labute approximate surface area is 192 Å². The summed E-state index contributed by atoms with van der Waals surface area (Å²) >= 11 is 0. The van der Waals surface area contributed by atoms with Crippen molar-refractivity contribution in [1.82, 2.24) is 15.1 Å². The average molecular weight is 445 g/mol. The monoisotopic (exact) mass is 444 g/mol. The fraction of sp³-hybridized carbons (Fsp3) is 0.680. The molecule has 32 heavy (non-hydrogen) atoms. The van der Waals surface area contributed by atoms with E-state index in [1.807, 2.05) is 0 Å². The van der Waals surface area contributed by atoms with E-state index in [1.165, 1.54) is 5.56 Å². The number of hydrogen-bond donors (Lipinski definition) is 2. The number of urea groups is 1. The Bertz CT molecular complexity index is 801. The molecule has 1 aliphatic carbocycles. The quantitative estimate of drug-likeness (QED) is 0.573. The van der Waals surface area contributed by atoms with Crippen molar-refractivity contribution in [3.63, 3.8) is 0 Å². The van der Waals surface area contributed by atoms with Gasteiger partial charge in [0, 0.05) is 20.2 Å². The smallest absolute Gasteiger partial charge is 0.318 e. The van der Waals surface area contributed by atoms with Crippen molar-refractivity contribution >= 4 is 11.9 Å². The van der Waals surface area contributed by atoms with E-state index in [4.69, 9.17) is 10.5 Å². The highest BCUT2D eigenvalue weighted by Crippen LogP contribution is 2.48. The van der Waals surface area contributed by atoms with Crippen molar-refractivity contribution in [3.8, 4) is 0 Å². The van der Waals surface area contributed by atoms with Gasteiger partial charge >= 0.3 is 6.03 Å². The second-order valence-corrected chi connectivity index (χ2v) is 10.7. The lowest BCUT2D eigenvalue weighted by Gasteiger charge is -2.46. The van der Waals surface area contributed by atoms with Crippen molar-refractivity contribution in [1.29, 1.82) is 0 Å². The lowest BCUT2D eigenvalue weighted by molar-refractivity contribution is -0.126. The van der Waals surface area contributed by atoms with Gasteiger partial charge in [-0.25, -0.2) is 4.79 Å². The van der Waals surface area contributed by atoms with Gasteiger partial charge in [-0.15, -0.1) is 0 Å². The van der Waals surface area contributed by atoms with Crippen LogP contribution >= 0.6 is 0 Å². The number of nitrogens with two attached hydrogens (primary N) is 1. The molecule has 1 aromatic carbocycles. The summed E-state index contributed by atoms with van der Waals surface area (Å²) in [7, 11) is 5.87. The van der Waals surface area contributed by atoms with Gasteiger partial charge in [-0.2, -0.15) is 0 Å². The van der Waals surface area contributed by atoms with Crippen LogP contribution < -0.4 is 11.1 Å². The molecule has 1 saturated carbocycles. The molecule has 1 saturated heterocycles. The van der Waals surface area contributed by atoms with Crippen molar-refractivity contribution in [2.45, 2.75) is 69.6 Å². The van der Waals surface area contributed by atoms with Crippen LogP contribution in [0.2, 0.25) is 0 Å². The van der Waals surface area contributed by atoms with Crippen molar-refractivity contribution in [2.24, 2.45) is 11.1 Å². The number of benzene rings is 1. The highest BCUT2D eigenvalue weighted by Gasteiger charge is 2.50. The maximum Gasteiger partial charge on any atom is 0.318 e. The predicted octanol–water partition coefficient (Wildman–Crippen LogP) is 3.09. The molecule has 178 valence electrons. The number of ether oxygens (including phenoxy) is 1. The fourth-order valence-corrected chi connectivity index (χ4v) is 5.42. The van der Waals surface area contributed by atoms with Gasteiger partial charge in [-0.05, 0) is 77.4 Å². The summed E-state index contributed by atoms with van der Waals surface area (Å²) in [5, 5.41) is 3.27. The van der Waals surface area contributed by atoms with E-state index in [-0.39, 0.29) is 29.1 Å². The first kappa shape index (κ1) is 24.5. The summed E-state index contributed by atoms with van der Waals surface area (Å²) in [6, 6.07) is 10.7. The molecular weight excluding hydrogens is 404 g/mol. The Morgan fingerprint density at radius 3 is 2.38 bits per heavy atom. The molecule has 1 aliphatic heterocycles. The van der Waals surface area contributed by atoms with Gasteiger partial charge in [0.1, 0.15) is 6.23 Å². The van der Waals surface area contributed by atoms with Crippen LogP contribution in [0, 0.1) is 5.41 Å². The molecule has 2 fully saturated rings. The third-order valence-corrected chi connectivity index (χ3v) is 7.67. The molecule has 0 radical (unpaired) electrons. The molecule has 2 aliphatic rings. The van der Waals surface area contributed by atoms with Crippen LogP contribution in [0.1, 0.15) is 57.9 Å². The van der Waals surface area contributed by atoms with Crippen LogP contribution in [0.3, 0.4) is 0 Å². The molecule has 1 aromatic rings. The number of carbonyl (C=O) groups is 2. The molecule has 7 nitrogen and oxygen atoms in total. The number of rotatable bonds is 9. The topological polar surface area (TPSA) is 87.9 Å². The van der Waals surface area contributed by atoms with Crippen LogP contribution in [-0.4, -0.2) is 67.8 Å². The van der Waals surface area contributed by atoms with Crippen molar-refractivity contribution in [3.05, 3.63) is 35.9 Å². The molecular formula is C25H40N4O3. The van der Waals surface area contributed by atoms with Gasteiger partial charge in [-0.1, -0.05) is 30.3 Å². The number of hydrogen-bond acceptors (Lipinski definition) is 4. The largest absolute Gasteiger partial charge is 0.369 e. The van der Waals surface area contributed by atoms with Gasteiger partial charge in [0.05, 0.1) is 11.0 Å². The molecule has 1 heterocycles. The zero-order valence-corrected chi connectivity index (χ0v) is 20.3. The maximum atomic E-state index is 12.7. The number of nitrogens with one attached hydrogen (secondary N) is 1. The van der Waals surface area contributed by atoms with Crippen LogP contribution in [0.4, 0.5) is 4.79 Å². The summed E-state index contributed by atoms with van der Waals surface area (Å²) in [4.78, 5) is 28.4. The summed E-state index contributed by atoms with van der Waals surface area (Å²) in [6.07, 6.45) is 5.93. The Hall–Kier alpha value is -2.12. The zero-order chi connectivity index (χ0) is 23.6. The molecule has 3 N–H and O–H groups in total. The van der Waals surface area contributed by atoms with Crippen LogP contribution in [0.15, 0.2) is 30.3 Å². The molecule has 3 amide bonds. The van der Waals surface area contributed by atoms with E-state index in [0.717, 1.165) is 38.5 Å². The number of nitrogens with zero attached hydrogens (tertiary/aromatic N) is 2. The second-order valence-electron chi connectivity index (χ2n) is 10.7. The third kappa shape index (κ3) is 5.09. The first-order valence-electron chi connectivity index (χ1n) is 11.6. The van der Waals surface area contributed by atoms with Crippen LogP contribution in [-0.2, 0) is 14.9 Å². The van der Waals surface area contributed by atoms with Gasteiger partial charge in [0.25, 0.3) is 0 Å². The molecule has 0 unspecified atom stereocenters. The maximum absolute atomic E-state index is 12.7. The lowest BCUT2D eigenvalue weighted by Crippen LogP contribution is -2.50. The normalized spacial score (nSPS) is 27.1. The summed E-state index contributed by atoms with van der Waals surface area (Å²) in [6.45, 7) is 4.57. The second kappa shape index (κ2) is 9.40. The standard InChI is InChI=1S/C25H40N4O3/c1-23(2,21(26)30)17-29-18-25(27-22(29)31)15-13-24(14-16-25,19-9-7-6-8-10-19)12-11-20(32-5)28(3)4/h6-10,20H,11-18H2,1-5H3,(H2,26,30)(H,27,31)/t20-,24?,25?/m0/s1. The van der Waals surface area contributed by atoms with Crippen molar-refractivity contribution < 1.29 is 14.3 Å². The Kier molecular flexibility index (Phi) is 7.20. The van der Waals surface area contributed by atoms with E-state index in [9.17, 15) is 9.59 Å². The summed E-state index contributed by atoms with van der Waals surface area (Å²) in [5.41, 5.74) is 6.02. The molecule has 7 heteroatoms. The SMILES string of the molecule is CO[C@@H](CCC1(c2ccccc2)CCC2(CC1)CN(CC(C)(C)C(N)=O)C(=O)N2)N(C)C. The van der Waals surface area contributed by atoms with E-state index >= 15 is 0 Å². The molecule has 1 atom stereocenters. The first-order chi connectivity index (χ1) is 15.0. The number of methoxy groups -OCH3 is 1. The number of primary amides is 1. The number of amides is 3. The Morgan fingerprint density at radius 1 is 1.22 bits per heavy atom. The average Bonchev–Trinajstić information content (AvgIpc) is 3.04. The van der Waals surface area contributed by atoms with Gasteiger partial charge in [0.15, 0.2) is 0 Å². The highest BCUT2D eigenvalue weighted by molar-refractivity contribution is 5.82. The minimum absolute atomic E-state index is 0.0734. The lowest BCUT2D eigenvalue weighted by atomic mass is 9.62. The van der Waals surface area contributed by atoms with Gasteiger partial charge in [0.2, 0.25) is 5.91 Å². The summed E-state index contributed by atoms with van der Waals surface area (Å²) < 4.78 is 5.70. The van der Waals surface area contributed by atoms with Crippen LogP contribution in [0.25, 0.3) is 0 Å². The van der Waals surface area contributed by atoms with E-state index in [1.54, 1.807) is 25.9 Å².